The summed E-state index contributed by atoms with van der Waals surface area (Å²) >= 11 is 1.42. The molecule has 3 aromatic carbocycles. The number of ether oxygens (including phenoxy) is 1. The van der Waals surface area contributed by atoms with Crippen LogP contribution < -0.4 is 21.3 Å². The molecule has 0 fully saturated rings. The molecule has 11 heteroatoms. The van der Waals surface area contributed by atoms with Gasteiger partial charge in [0.1, 0.15) is 11.6 Å². The van der Waals surface area contributed by atoms with E-state index in [1.54, 1.807) is 36.8 Å². The highest BCUT2D eigenvalue weighted by atomic mass is 32.1. The number of aromatic nitrogens is 5. The van der Waals surface area contributed by atoms with Crippen molar-refractivity contribution in [1.29, 1.82) is 0 Å². The SMILES string of the molecule is CC(C)Oc1ccc(-c2cnc(N)c(C(=O)N[C@H](C)c3nc4cccc(C#Cc5cncs5)c4c(=O)n3-c3ccccc3)n2)cc1. The Labute approximate surface area is 269 Å². The second-order valence-corrected chi connectivity index (χ2v) is 11.5. The zero-order chi connectivity index (χ0) is 32.2. The summed E-state index contributed by atoms with van der Waals surface area (Å²) in [6.07, 6.45) is 3.23. The van der Waals surface area contributed by atoms with Crippen molar-refractivity contribution in [2.24, 2.45) is 0 Å². The van der Waals surface area contributed by atoms with Crippen LogP contribution in [0.5, 0.6) is 5.75 Å². The van der Waals surface area contributed by atoms with Crippen molar-refractivity contribution in [3.63, 3.8) is 0 Å². The third-order valence-electron chi connectivity index (χ3n) is 6.96. The third kappa shape index (κ3) is 6.33. The molecule has 46 heavy (non-hydrogen) atoms. The van der Waals surface area contributed by atoms with E-state index in [-0.39, 0.29) is 23.2 Å². The summed E-state index contributed by atoms with van der Waals surface area (Å²) in [5.74, 6) is 6.65. The van der Waals surface area contributed by atoms with E-state index in [1.165, 1.54) is 22.1 Å². The van der Waals surface area contributed by atoms with E-state index in [0.717, 1.165) is 16.2 Å². The maximum Gasteiger partial charge on any atom is 0.274 e. The van der Waals surface area contributed by atoms with Gasteiger partial charge >= 0.3 is 0 Å². The second kappa shape index (κ2) is 13.0. The lowest BCUT2D eigenvalue weighted by molar-refractivity contribution is 0.0933. The molecular formula is C35H29N7O3S. The van der Waals surface area contributed by atoms with Gasteiger partial charge in [0, 0.05) is 11.1 Å². The zero-order valence-corrected chi connectivity index (χ0v) is 26.1. The van der Waals surface area contributed by atoms with Crippen LogP contribution in [0.1, 0.15) is 53.6 Å². The van der Waals surface area contributed by atoms with Gasteiger partial charge in [0.15, 0.2) is 11.5 Å². The highest BCUT2D eigenvalue weighted by Gasteiger charge is 2.23. The van der Waals surface area contributed by atoms with Gasteiger partial charge in [-0.2, -0.15) is 0 Å². The normalized spacial score (nSPS) is 11.6. The number of nitrogen functional groups attached to an aromatic ring is 1. The molecule has 6 rings (SSSR count). The van der Waals surface area contributed by atoms with Crippen LogP contribution in [-0.2, 0) is 0 Å². The fraction of sp³-hybridized carbons (Fsp3) is 0.143. The first-order valence-corrected chi connectivity index (χ1v) is 15.4. The molecule has 3 N–H and O–H groups in total. The first-order chi connectivity index (χ1) is 22.3. The molecule has 0 spiro atoms. The molecule has 0 aliphatic heterocycles. The highest BCUT2D eigenvalue weighted by molar-refractivity contribution is 7.10. The predicted octanol–water partition coefficient (Wildman–Crippen LogP) is 5.56. The summed E-state index contributed by atoms with van der Waals surface area (Å²) in [6, 6.07) is 21.1. The van der Waals surface area contributed by atoms with Crippen LogP contribution in [0.15, 0.2) is 95.5 Å². The molecule has 0 bridgehead atoms. The molecule has 1 amide bonds. The minimum Gasteiger partial charge on any atom is -0.491 e. The Balaban J connectivity index is 1.37. The van der Waals surface area contributed by atoms with Gasteiger partial charge < -0.3 is 15.8 Å². The predicted molar refractivity (Wildman–Crippen MR) is 179 cm³/mol. The molecule has 0 aliphatic rings. The largest absolute Gasteiger partial charge is 0.491 e. The van der Waals surface area contributed by atoms with E-state index in [4.69, 9.17) is 15.5 Å². The van der Waals surface area contributed by atoms with E-state index in [9.17, 15) is 9.59 Å². The molecule has 10 nitrogen and oxygen atoms in total. The summed E-state index contributed by atoms with van der Waals surface area (Å²) in [7, 11) is 0. The Morgan fingerprint density at radius 2 is 1.74 bits per heavy atom. The van der Waals surface area contributed by atoms with Crippen LogP contribution in [0, 0.1) is 11.8 Å². The van der Waals surface area contributed by atoms with Crippen LogP contribution >= 0.6 is 11.3 Å². The minimum absolute atomic E-state index is 0.0238. The van der Waals surface area contributed by atoms with Gasteiger partial charge in [0.25, 0.3) is 11.5 Å². The number of para-hydroxylation sites is 1. The number of anilines is 1. The number of fused-ring (bicyclic) bond motifs is 1. The van der Waals surface area contributed by atoms with Crippen molar-refractivity contribution < 1.29 is 9.53 Å². The second-order valence-electron chi connectivity index (χ2n) is 10.6. The number of thiazole rings is 1. The maximum absolute atomic E-state index is 14.2. The number of rotatable bonds is 7. The average molecular weight is 628 g/mol. The van der Waals surface area contributed by atoms with Gasteiger partial charge in [-0.15, -0.1) is 11.3 Å². The molecule has 3 aromatic heterocycles. The monoisotopic (exact) mass is 627 g/mol. The summed E-state index contributed by atoms with van der Waals surface area (Å²) in [5.41, 5.74) is 10.3. The lowest BCUT2D eigenvalue weighted by Crippen LogP contribution is -2.34. The van der Waals surface area contributed by atoms with Crippen LogP contribution in [0.25, 0.3) is 27.8 Å². The number of nitrogens with zero attached hydrogens (tertiary/aromatic N) is 5. The van der Waals surface area contributed by atoms with E-state index < -0.39 is 11.9 Å². The molecule has 0 radical (unpaired) electrons. The number of nitrogens with one attached hydrogen (secondary N) is 1. The van der Waals surface area contributed by atoms with E-state index in [1.807, 2.05) is 68.4 Å². The van der Waals surface area contributed by atoms with Gasteiger partial charge in [0.05, 0.1) is 57.2 Å². The first kappa shape index (κ1) is 30.2. The minimum atomic E-state index is -0.728. The molecular weight excluding hydrogens is 598 g/mol. The number of amides is 1. The van der Waals surface area contributed by atoms with Gasteiger partial charge in [-0.1, -0.05) is 30.2 Å². The van der Waals surface area contributed by atoms with Crippen molar-refractivity contribution >= 4 is 34.0 Å². The summed E-state index contributed by atoms with van der Waals surface area (Å²) in [4.78, 5) is 46.3. The van der Waals surface area contributed by atoms with Crippen molar-refractivity contribution in [3.05, 3.63) is 123 Å². The van der Waals surface area contributed by atoms with E-state index in [0.29, 0.717) is 33.7 Å². The first-order valence-electron chi connectivity index (χ1n) is 14.5. The van der Waals surface area contributed by atoms with Crippen LogP contribution in [0.4, 0.5) is 5.82 Å². The Morgan fingerprint density at radius 3 is 2.46 bits per heavy atom. The van der Waals surface area contributed by atoms with Crippen LogP contribution in [0.2, 0.25) is 0 Å². The topological polar surface area (TPSA) is 138 Å². The summed E-state index contributed by atoms with van der Waals surface area (Å²) < 4.78 is 7.22. The molecule has 1 atom stereocenters. The summed E-state index contributed by atoms with van der Waals surface area (Å²) in [6.45, 7) is 5.66. The average Bonchev–Trinajstić information content (AvgIpc) is 3.58. The Bertz CT molecular complexity index is 2150. The standard InChI is InChI=1S/C35H29N7O3S/c1-21(2)45-26-15-12-23(13-16-26)29-19-38-32(36)31(40-29)34(43)39-22(3)33-41-28-11-7-8-24(14-17-27-18-37-20-46-27)30(28)35(44)42(33)25-9-5-4-6-10-25/h4-13,15-16,18-22H,1-3H3,(H2,36,38)(H,39,43)/t22-/m1/s1. The molecule has 0 aliphatic carbocycles. The fourth-order valence-electron chi connectivity index (χ4n) is 4.89. The zero-order valence-electron chi connectivity index (χ0n) is 25.3. The Kier molecular flexibility index (Phi) is 8.54. The molecule has 6 aromatic rings. The van der Waals surface area contributed by atoms with Crippen LogP contribution in [0.3, 0.4) is 0 Å². The van der Waals surface area contributed by atoms with E-state index >= 15 is 0 Å². The van der Waals surface area contributed by atoms with Gasteiger partial charge in [0.2, 0.25) is 0 Å². The van der Waals surface area contributed by atoms with Crippen molar-refractivity contribution in [2.75, 3.05) is 5.73 Å². The molecule has 228 valence electrons. The number of hydrogen-bond acceptors (Lipinski definition) is 9. The fourth-order valence-corrected chi connectivity index (χ4v) is 5.35. The molecule has 0 saturated heterocycles. The molecule has 0 unspecified atom stereocenters. The smallest absolute Gasteiger partial charge is 0.274 e. The van der Waals surface area contributed by atoms with Crippen molar-refractivity contribution in [3.8, 4) is 34.5 Å². The lowest BCUT2D eigenvalue weighted by Gasteiger charge is -2.20. The van der Waals surface area contributed by atoms with Gasteiger partial charge in [-0.25, -0.2) is 15.0 Å². The van der Waals surface area contributed by atoms with Gasteiger partial charge in [-0.05, 0) is 75.2 Å². The molecule has 0 saturated carbocycles. The Hall–Kier alpha value is -5.86. The van der Waals surface area contributed by atoms with E-state index in [2.05, 4.69) is 32.1 Å². The van der Waals surface area contributed by atoms with Crippen molar-refractivity contribution in [2.45, 2.75) is 32.9 Å². The highest BCUT2D eigenvalue weighted by Crippen LogP contribution is 2.24. The number of carbonyl (C=O) groups is 1. The quantitative estimate of drug-likeness (QED) is 0.220. The van der Waals surface area contributed by atoms with Crippen molar-refractivity contribution in [1.82, 2.24) is 29.8 Å². The number of nitrogens with two attached hydrogens (primary N) is 1. The Morgan fingerprint density at radius 1 is 0.957 bits per heavy atom. The maximum atomic E-state index is 14.2. The number of carbonyl (C=O) groups excluding carboxylic acids is 1. The molecule has 3 heterocycles. The van der Waals surface area contributed by atoms with Gasteiger partial charge in [-0.3, -0.25) is 19.1 Å². The van der Waals surface area contributed by atoms with Crippen LogP contribution in [-0.4, -0.2) is 36.5 Å². The summed E-state index contributed by atoms with van der Waals surface area (Å²) in [5, 5.41) is 3.30. The number of benzene rings is 3. The third-order valence-corrected chi connectivity index (χ3v) is 7.65. The number of hydrogen-bond donors (Lipinski definition) is 2. The lowest BCUT2D eigenvalue weighted by atomic mass is 10.1.